The average Bonchev–Trinajstić information content (AvgIpc) is 3.05. The Labute approximate surface area is 192 Å². The third-order valence-corrected chi connectivity index (χ3v) is 5.54. The fourth-order valence-corrected chi connectivity index (χ4v) is 3.87. The van der Waals surface area contributed by atoms with Gasteiger partial charge >= 0.3 is 0 Å². The summed E-state index contributed by atoms with van der Waals surface area (Å²) in [6.07, 6.45) is 0.547. The molecule has 0 spiro atoms. The van der Waals surface area contributed by atoms with Crippen LogP contribution in [0, 0.1) is 0 Å². The Morgan fingerprint density at radius 3 is 2.47 bits per heavy atom. The summed E-state index contributed by atoms with van der Waals surface area (Å²) in [5.74, 6) is -0.662. The second-order valence-corrected chi connectivity index (χ2v) is 7.60. The van der Waals surface area contributed by atoms with Crippen LogP contribution < -0.4 is 9.47 Å². The highest BCUT2D eigenvalue weighted by Crippen LogP contribution is 2.40. The Kier molecular flexibility index (Phi) is 7.77. The summed E-state index contributed by atoms with van der Waals surface area (Å²) < 4.78 is 15.8. The van der Waals surface area contributed by atoms with E-state index in [1.807, 2.05) is 6.92 Å². The second kappa shape index (κ2) is 10.5. The molecule has 0 radical (unpaired) electrons. The number of methoxy groups -OCH3 is 2. The fraction of sp³-hybridized carbons (Fsp3) is 0.333. The number of aliphatic hydroxyl groups is 1. The standard InChI is InChI=1S/C24H26ClNO6/c1-4-32-19-14-16(8-11-18(19)25)22(27)20-21(15-6-9-17(31-3)10-7-15)26(12-5-13-30-2)24(29)23(20)28/h6-11,14,21,27H,4-5,12-13H2,1-3H3/b22-20-. The minimum Gasteiger partial charge on any atom is -0.507 e. The molecule has 2 aromatic carbocycles. The zero-order valence-corrected chi connectivity index (χ0v) is 19.0. The third kappa shape index (κ3) is 4.74. The molecule has 1 aliphatic rings. The van der Waals surface area contributed by atoms with E-state index in [-0.39, 0.29) is 11.3 Å². The summed E-state index contributed by atoms with van der Waals surface area (Å²) in [5.41, 5.74) is 1.04. The number of carbonyl (C=O) groups excluding carboxylic acids is 2. The van der Waals surface area contributed by atoms with Crippen LogP contribution in [0.5, 0.6) is 11.5 Å². The first-order chi connectivity index (χ1) is 15.4. The summed E-state index contributed by atoms with van der Waals surface area (Å²) in [6, 6.07) is 11.0. The minimum absolute atomic E-state index is 0.0161. The van der Waals surface area contributed by atoms with Gasteiger partial charge in [0.15, 0.2) is 0 Å². The Morgan fingerprint density at radius 1 is 1.12 bits per heavy atom. The van der Waals surface area contributed by atoms with E-state index in [0.29, 0.717) is 53.8 Å². The summed E-state index contributed by atoms with van der Waals surface area (Å²) >= 11 is 6.16. The van der Waals surface area contributed by atoms with Crippen LogP contribution >= 0.6 is 11.6 Å². The van der Waals surface area contributed by atoms with E-state index in [9.17, 15) is 14.7 Å². The van der Waals surface area contributed by atoms with Gasteiger partial charge in [-0.15, -0.1) is 0 Å². The number of amides is 1. The van der Waals surface area contributed by atoms with Crippen molar-refractivity contribution < 1.29 is 28.9 Å². The number of ketones is 1. The van der Waals surface area contributed by atoms with Gasteiger partial charge in [0, 0.05) is 25.8 Å². The van der Waals surface area contributed by atoms with Crippen LogP contribution in [0.1, 0.15) is 30.5 Å². The molecule has 0 bridgehead atoms. The number of rotatable bonds is 9. The molecule has 1 aliphatic heterocycles. The molecule has 32 heavy (non-hydrogen) atoms. The first kappa shape index (κ1) is 23.6. The molecular weight excluding hydrogens is 434 g/mol. The largest absolute Gasteiger partial charge is 0.507 e. The van der Waals surface area contributed by atoms with Gasteiger partial charge < -0.3 is 24.2 Å². The lowest BCUT2D eigenvalue weighted by atomic mass is 9.95. The van der Waals surface area contributed by atoms with Crippen molar-refractivity contribution in [3.05, 3.63) is 64.2 Å². The molecule has 1 heterocycles. The lowest BCUT2D eigenvalue weighted by molar-refractivity contribution is -0.140. The number of Topliss-reactive ketones (excluding diaryl/α,β-unsaturated/α-hetero) is 1. The number of hydrogen-bond acceptors (Lipinski definition) is 6. The maximum absolute atomic E-state index is 13.0. The molecule has 1 atom stereocenters. The molecule has 8 heteroatoms. The SMILES string of the molecule is CCOc1cc(/C(O)=C2/C(=O)C(=O)N(CCCOC)C2c2ccc(OC)cc2)ccc1Cl. The van der Waals surface area contributed by atoms with E-state index in [1.54, 1.807) is 56.7 Å². The topological polar surface area (TPSA) is 85.3 Å². The van der Waals surface area contributed by atoms with Crippen LogP contribution in [0.4, 0.5) is 0 Å². The van der Waals surface area contributed by atoms with Gasteiger partial charge in [0.25, 0.3) is 11.7 Å². The molecular formula is C24H26ClNO6. The highest BCUT2D eigenvalue weighted by atomic mass is 35.5. The monoisotopic (exact) mass is 459 g/mol. The third-order valence-electron chi connectivity index (χ3n) is 5.22. The first-order valence-corrected chi connectivity index (χ1v) is 10.6. The Hall–Kier alpha value is -3.03. The van der Waals surface area contributed by atoms with Gasteiger partial charge in [0.1, 0.15) is 17.3 Å². The molecule has 0 aromatic heterocycles. The number of carbonyl (C=O) groups is 2. The van der Waals surface area contributed by atoms with Gasteiger partial charge in [-0.25, -0.2) is 0 Å². The molecule has 2 aromatic rings. The van der Waals surface area contributed by atoms with Crippen LogP contribution in [0.25, 0.3) is 5.76 Å². The van der Waals surface area contributed by atoms with Crippen molar-refractivity contribution in [1.29, 1.82) is 0 Å². The van der Waals surface area contributed by atoms with E-state index < -0.39 is 17.7 Å². The van der Waals surface area contributed by atoms with Gasteiger partial charge in [-0.05, 0) is 49.2 Å². The number of aliphatic hydroxyl groups excluding tert-OH is 1. The Bertz CT molecular complexity index is 1020. The van der Waals surface area contributed by atoms with Crippen molar-refractivity contribution in [2.45, 2.75) is 19.4 Å². The summed E-state index contributed by atoms with van der Waals surface area (Å²) in [7, 11) is 3.13. The molecule has 1 saturated heterocycles. The van der Waals surface area contributed by atoms with Crippen LogP contribution in [0.2, 0.25) is 5.02 Å². The number of nitrogens with zero attached hydrogens (tertiary/aromatic N) is 1. The predicted octanol–water partition coefficient (Wildman–Crippen LogP) is 4.21. The van der Waals surface area contributed by atoms with Crippen molar-refractivity contribution in [3.8, 4) is 11.5 Å². The Balaban J connectivity index is 2.12. The maximum Gasteiger partial charge on any atom is 0.295 e. The highest BCUT2D eigenvalue weighted by Gasteiger charge is 2.45. The van der Waals surface area contributed by atoms with E-state index in [0.717, 1.165) is 0 Å². The number of ether oxygens (including phenoxy) is 3. The lowest BCUT2D eigenvalue weighted by Gasteiger charge is -2.25. The molecule has 0 saturated carbocycles. The lowest BCUT2D eigenvalue weighted by Crippen LogP contribution is -2.31. The Morgan fingerprint density at radius 2 is 1.84 bits per heavy atom. The first-order valence-electron chi connectivity index (χ1n) is 10.3. The second-order valence-electron chi connectivity index (χ2n) is 7.19. The van der Waals surface area contributed by atoms with Crippen molar-refractivity contribution in [1.82, 2.24) is 4.90 Å². The summed E-state index contributed by atoms with van der Waals surface area (Å²) in [6.45, 7) is 2.95. The van der Waals surface area contributed by atoms with Crippen molar-refractivity contribution in [2.24, 2.45) is 0 Å². The van der Waals surface area contributed by atoms with Crippen LogP contribution in [0.3, 0.4) is 0 Å². The normalized spacial score (nSPS) is 17.6. The van der Waals surface area contributed by atoms with Crippen LogP contribution in [0.15, 0.2) is 48.0 Å². The van der Waals surface area contributed by atoms with E-state index in [1.165, 1.54) is 4.90 Å². The zero-order valence-electron chi connectivity index (χ0n) is 18.3. The van der Waals surface area contributed by atoms with E-state index in [2.05, 4.69) is 0 Å². The van der Waals surface area contributed by atoms with Crippen LogP contribution in [-0.4, -0.2) is 55.7 Å². The molecule has 1 N–H and O–H groups in total. The number of hydrogen-bond donors (Lipinski definition) is 1. The van der Waals surface area contributed by atoms with Gasteiger partial charge in [-0.3, -0.25) is 9.59 Å². The molecule has 1 fully saturated rings. The van der Waals surface area contributed by atoms with Crippen molar-refractivity contribution in [2.75, 3.05) is 34.0 Å². The molecule has 3 rings (SSSR count). The highest BCUT2D eigenvalue weighted by molar-refractivity contribution is 6.46. The number of halogens is 1. The number of benzene rings is 2. The average molecular weight is 460 g/mol. The molecule has 1 unspecified atom stereocenters. The maximum atomic E-state index is 13.0. The van der Waals surface area contributed by atoms with E-state index in [4.69, 9.17) is 25.8 Å². The van der Waals surface area contributed by atoms with Gasteiger partial charge in [-0.2, -0.15) is 0 Å². The van der Waals surface area contributed by atoms with Crippen molar-refractivity contribution in [3.63, 3.8) is 0 Å². The zero-order chi connectivity index (χ0) is 23.3. The van der Waals surface area contributed by atoms with Crippen molar-refractivity contribution >= 4 is 29.1 Å². The summed E-state index contributed by atoms with van der Waals surface area (Å²) in [4.78, 5) is 27.4. The molecule has 7 nitrogen and oxygen atoms in total. The predicted molar refractivity (Wildman–Crippen MR) is 121 cm³/mol. The molecule has 170 valence electrons. The van der Waals surface area contributed by atoms with Crippen LogP contribution in [-0.2, 0) is 14.3 Å². The van der Waals surface area contributed by atoms with Gasteiger partial charge in [-0.1, -0.05) is 23.7 Å². The van der Waals surface area contributed by atoms with Gasteiger partial charge in [0.2, 0.25) is 0 Å². The fourth-order valence-electron chi connectivity index (χ4n) is 3.69. The smallest absolute Gasteiger partial charge is 0.295 e. The minimum atomic E-state index is -0.746. The van der Waals surface area contributed by atoms with Gasteiger partial charge in [0.05, 0.1) is 30.4 Å². The molecule has 0 aliphatic carbocycles. The summed E-state index contributed by atoms with van der Waals surface area (Å²) in [5, 5.41) is 11.5. The quantitative estimate of drug-likeness (QED) is 0.262. The van der Waals surface area contributed by atoms with E-state index >= 15 is 0 Å². The molecule has 1 amide bonds. The number of likely N-dealkylation sites (tertiary alicyclic amines) is 1.